The third kappa shape index (κ3) is 4.77. The molecule has 9 aromatic carbocycles. The van der Waals surface area contributed by atoms with Crippen molar-refractivity contribution >= 4 is 134 Å². The Morgan fingerprint density at radius 1 is 0.456 bits per heavy atom. The third-order valence-corrected chi connectivity index (χ3v) is 16.4. The van der Waals surface area contributed by atoms with E-state index in [9.17, 15) is 11.8 Å². The summed E-state index contributed by atoms with van der Waals surface area (Å²) in [7, 11) is 0. The van der Waals surface area contributed by atoms with Crippen molar-refractivity contribution in [2.24, 2.45) is 0 Å². The summed E-state index contributed by atoms with van der Waals surface area (Å²) < 4.78 is 9.24. The highest BCUT2D eigenvalue weighted by molar-refractivity contribution is 7.27. The second-order valence-electron chi connectivity index (χ2n) is 17.3. The maximum absolute atomic E-state index is 12.0. The Hall–Kier alpha value is -8.92. The molecule has 0 aliphatic rings. The van der Waals surface area contributed by atoms with Crippen LogP contribution < -0.4 is 0 Å². The van der Waals surface area contributed by atoms with Gasteiger partial charge in [0.1, 0.15) is 17.4 Å². The Balaban J connectivity index is 1.25. The number of hydrogen-bond donors (Lipinski definition) is 0. The van der Waals surface area contributed by atoms with Gasteiger partial charge in [0.25, 0.3) is 0 Å². The zero-order chi connectivity index (χ0) is 44.8. The van der Waals surface area contributed by atoms with Gasteiger partial charge in [0, 0.05) is 80.7 Å². The molecule has 0 aliphatic carbocycles. The molecule has 15 aromatic rings. The number of thiophene rings is 2. The van der Waals surface area contributed by atoms with E-state index in [2.05, 4.69) is 141 Å². The molecule has 6 nitrogen and oxygen atoms in total. The van der Waals surface area contributed by atoms with Gasteiger partial charge in [-0.1, -0.05) is 140 Å². The summed E-state index contributed by atoms with van der Waals surface area (Å²) in [5.41, 5.74) is 8.44. The lowest BCUT2D eigenvalue weighted by molar-refractivity contribution is 1.09. The Morgan fingerprint density at radius 3 is 1.57 bits per heavy atom. The summed E-state index contributed by atoms with van der Waals surface area (Å²) in [6.45, 7) is 9.30. The number of rotatable bonds is 4. The van der Waals surface area contributed by atoms with E-state index >= 15 is 0 Å². The molecule has 0 fully saturated rings. The molecule has 0 N–H and O–H groups in total. The fraction of sp³-hybridized carbons (Fsp3) is 0. The summed E-state index contributed by atoms with van der Waals surface area (Å²) in [6, 6.07) is 62.1. The predicted octanol–water partition coefficient (Wildman–Crippen LogP) is 16.9. The van der Waals surface area contributed by atoms with Gasteiger partial charge in [0.15, 0.2) is 0 Å². The second-order valence-corrected chi connectivity index (χ2v) is 19.4. The number of aromatic nitrogens is 4. The average molecular weight is 899 g/mol. The minimum absolute atomic E-state index is 0.352. The average Bonchev–Trinajstić information content (AvgIpc) is 4.16. The monoisotopic (exact) mass is 898 g/mol. The van der Waals surface area contributed by atoms with E-state index < -0.39 is 0 Å². The van der Waals surface area contributed by atoms with Crippen molar-refractivity contribution in [1.29, 1.82) is 5.26 Å². The first kappa shape index (κ1) is 37.3. The zero-order valence-electron chi connectivity index (χ0n) is 35.8. The fourth-order valence-electron chi connectivity index (χ4n) is 11.4. The lowest BCUT2D eigenvalue weighted by Crippen LogP contribution is -2.09. The van der Waals surface area contributed by atoms with Gasteiger partial charge in [-0.15, -0.1) is 22.7 Å². The van der Waals surface area contributed by atoms with Gasteiger partial charge in [0.2, 0.25) is 5.69 Å². The molecule has 0 bridgehead atoms. The molecule has 0 saturated heterocycles. The van der Waals surface area contributed by atoms with Crippen molar-refractivity contribution in [2.75, 3.05) is 0 Å². The van der Waals surface area contributed by atoms with Crippen LogP contribution >= 0.6 is 22.7 Å². The molecule has 68 heavy (non-hydrogen) atoms. The molecule has 0 atom stereocenters. The van der Waals surface area contributed by atoms with Crippen LogP contribution in [0.2, 0.25) is 0 Å². The molecular formula is C60H30N6S2. The van der Waals surface area contributed by atoms with Crippen LogP contribution in [0.5, 0.6) is 0 Å². The van der Waals surface area contributed by atoms with Gasteiger partial charge < -0.3 is 4.57 Å². The fourth-order valence-corrected chi connectivity index (χ4v) is 13.9. The Kier molecular flexibility index (Phi) is 7.58. The molecular weight excluding hydrogens is 869 g/mol. The molecule has 15 rings (SSSR count). The van der Waals surface area contributed by atoms with Crippen LogP contribution in [0, 0.1) is 17.9 Å². The third-order valence-electron chi connectivity index (χ3n) is 14.0. The molecule has 0 radical (unpaired) electrons. The molecule has 6 heterocycles. The smallest absolute Gasteiger partial charge is 0.220 e. The molecule has 6 aromatic heterocycles. The minimum atomic E-state index is 0.352. The van der Waals surface area contributed by atoms with E-state index in [-0.39, 0.29) is 0 Å². The largest absolute Gasteiger partial charge is 0.306 e. The highest BCUT2D eigenvalue weighted by Gasteiger charge is 2.34. The number of hydrogen-bond acceptors (Lipinski definition) is 5. The van der Waals surface area contributed by atoms with Crippen LogP contribution in [0.25, 0.3) is 144 Å². The van der Waals surface area contributed by atoms with Crippen LogP contribution in [0.4, 0.5) is 5.69 Å². The van der Waals surface area contributed by atoms with Crippen molar-refractivity contribution in [3.63, 3.8) is 0 Å². The van der Waals surface area contributed by atoms with Crippen molar-refractivity contribution in [1.82, 2.24) is 19.1 Å². The predicted molar refractivity (Wildman–Crippen MR) is 285 cm³/mol. The van der Waals surface area contributed by atoms with Gasteiger partial charge >= 0.3 is 0 Å². The quantitative estimate of drug-likeness (QED) is 0.131. The number of pyridine rings is 2. The number of benzene rings is 9. The summed E-state index contributed by atoms with van der Waals surface area (Å²) in [5, 5.41) is 25.4. The molecule has 0 spiro atoms. The first-order valence-electron chi connectivity index (χ1n) is 22.4. The summed E-state index contributed by atoms with van der Waals surface area (Å²) in [5.74, 6) is 0. The highest BCUT2D eigenvalue weighted by atomic mass is 32.1. The standard InChI is InChI=1S/C60H30N6S2/c1-62-53-48(33-14-4-2-5-15-33)44(32-61)54(49(34-16-6-3-7-17-34)56(53)66-59-51-39(28-30-63-59)35-18-8-9-19-36(35)40-29-31-64-60(66)52(40)51)65-45-27-26-41-37-20-10-12-22-46(37)67-57(41)50(45)43-25-24-42-38-21-11-13-23-47(38)68-58(42)55(43)65/h2-31H. The van der Waals surface area contributed by atoms with Gasteiger partial charge in [0.05, 0.1) is 39.2 Å². The van der Waals surface area contributed by atoms with E-state index in [4.69, 9.17) is 9.97 Å². The number of nitriles is 1. The van der Waals surface area contributed by atoms with E-state index in [1.165, 1.54) is 30.3 Å². The van der Waals surface area contributed by atoms with Crippen molar-refractivity contribution in [3.05, 3.63) is 199 Å². The van der Waals surface area contributed by atoms with Crippen LogP contribution in [0.15, 0.2) is 182 Å². The Labute approximate surface area is 395 Å². The topological polar surface area (TPSA) is 63.8 Å². The molecule has 0 amide bonds. The molecule has 0 unspecified atom stereocenters. The highest BCUT2D eigenvalue weighted by Crippen LogP contribution is 2.55. The second kappa shape index (κ2) is 13.8. The van der Waals surface area contributed by atoms with Crippen molar-refractivity contribution in [3.8, 4) is 39.7 Å². The van der Waals surface area contributed by atoms with E-state index in [0.29, 0.717) is 39.5 Å². The number of nitrogens with zero attached hydrogens (tertiary/aromatic N) is 6. The van der Waals surface area contributed by atoms with Crippen molar-refractivity contribution < 1.29 is 0 Å². The van der Waals surface area contributed by atoms with Crippen LogP contribution in [0.1, 0.15) is 5.56 Å². The zero-order valence-corrected chi connectivity index (χ0v) is 37.5. The van der Waals surface area contributed by atoms with Gasteiger partial charge in [-0.3, -0.25) is 4.57 Å². The first-order valence-corrected chi connectivity index (χ1v) is 24.0. The first-order chi connectivity index (χ1) is 33.7. The van der Waals surface area contributed by atoms with Crippen molar-refractivity contribution in [2.45, 2.75) is 0 Å². The van der Waals surface area contributed by atoms with E-state index in [1.54, 1.807) is 11.3 Å². The van der Waals surface area contributed by atoms with Gasteiger partial charge in [-0.05, 0) is 63.0 Å². The van der Waals surface area contributed by atoms with Crippen LogP contribution in [-0.4, -0.2) is 19.1 Å². The molecule has 0 saturated carbocycles. The molecule has 8 heteroatoms. The van der Waals surface area contributed by atoms with E-state index in [0.717, 1.165) is 80.9 Å². The maximum Gasteiger partial charge on any atom is 0.220 e. The number of fused-ring (bicyclic) bond motifs is 14. The van der Waals surface area contributed by atoms with Gasteiger partial charge in [-0.25, -0.2) is 14.8 Å². The maximum atomic E-state index is 12.0. The molecule has 312 valence electrons. The lowest BCUT2D eigenvalue weighted by Gasteiger charge is -2.25. The normalized spacial score (nSPS) is 12.1. The minimum Gasteiger partial charge on any atom is -0.306 e. The Bertz CT molecular complexity index is 4670. The van der Waals surface area contributed by atoms with E-state index in [1.807, 2.05) is 72.3 Å². The van der Waals surface area contributed by atoms with Gasteiger partial charge in [-0.2, -0.15) is 5.26 Å². The Morgan fingerprint density at radius 2 is 0.971 bits per heavy atom. The lowest BCUT2D eigenvalue weighted by atomic mass is 9.88. The van der Waals surface area contributed by atoms with Crippen LogP contribution in [0.3, 0.4) is 0 Å². The van der Waals surface area contributed by atoms with Crippen LogP contribution in [-0.2, 0) is 0 Å². The summed E-state index contributed by atoms with van der Waals surface area (Å²) >= 11 is 3.60. The molecule has 0 aliphatic heterocycles. The summed E-state index contributed by atoms with van der Waals surface area (Å²) in [4.78, 5) is 15.0. The SMILES string of the molecule is [C-]#[N+]c1c(-c2ccccc2)c(C#N)c(-n2c3ccc4c5ccccc5sc4c3c3ccc4c5ccccc5sc4c32)c(-c2ccccc2)c1-n1c2nccc3c4ccccc4c4ccnc1c4c32. The summed E-state index contributed by atoms with van der Waals surface area (Å²) in [6.07, 6.45) is 3.75.